The topological polar surface area (TPSA) is 55.8 Å². The molecule has 0 radical (unpaired) electrons. The second-order valence-electron chi connectivity index (χ2n) is 8.60. The Labute approximate surface area is 179 Å². The van der Waals surface area contributed by atoms with E-state index in [1.165, 1.54) is 25.7 Å². The van der Waals surface area contributed by atoms with Gasteiger partial charge in [0.2, 0.25) is 0 Å². The summed E-state index contributed by atoms with van der Waals surface area (Å²) >= 11 is 2.30. The number of halogens is 1. The third-order valence-corrected chi connectivity index (χ3v) is 5.79. The summed E-state index contributed by atoms with van der Waals surface area (Å²) < 4.78 is 12.6. The highest BCUT2D eigenvalue weighted by atomic mass is 127. The van der Waals surface area contributed by atoms with Gasteiger partial charge >= 0.3 is 5.97 Å². The summed E-state index contributed by atoms with van der Waals surface area (Å²) in [5.41, 5.74) is -0.405. The summed E-state index contributed by atoms with van der Waals surface area (Å²) in [5, 5.41) is 10.3. The van der Waals surface area contributed by atoms with E-state index in [1.807, 2.05) is 26.8 Å². The Morgan fingerprint density at radius 2 is 1.78 bits per heavy atom. The Morgan fingerprint density at radius 1 is 1.11 bits per heavy atom. The maximum absolute atomic E-state index is 11.7. The molecule has 1 aliphatic carbocycles. The number of aliphatic hydroxyl groups excluding tert-OH is 1. The minimum absolute atomic E-state index is 0.0395. The summed E-state index contributed by atoms with van der Waals surface area (Å²) in [6.45, 7) is 8.58. The van der Waals surface area contributed by atoms with Crippen LogP contribution in [0.4, 0.5) is 0 Å². The first kappa shape index (κ1) is 24.9. The van der Waals surface area contributed by atoms with Crippen LogP contribution >= 0.6 is 22.6 Å². The van der Waals surface area contributed by atoms with Gasteiger partial charge in [-0.1, -0.05) is 45.4 Å². The molecule has 0 aromatic heterocycles. The molecule has 4 nitrogen and oxygen atoms in total. The largest absolute Gasteiger partial charge is 0.460 e. The van der Waals surface area contributed by atoms with Crippen LogP contribution < -0.4 is 0 Å². The lowest BCUT2D eigenvalue weighted by Gasteiger charge is -2.24. The SMILES string of the molecule is CCCCCCC[C@H]1[C@H](OCCCCCC(=O)OC(C)(C)C)C(I)=C[C@@H]1O. The van der Waals surface area contributed by atoms with Crippen LogP contribution in [0.2, 0.25) is 0 Å². The van der Waals surface area contributed by atoms with Crippen LogP contribution in [0.25, 0.3) is 0 Å². The fourth-order valence-corrected chi connectivity index (χ4v) is 4.44. The lowest BCUT2D eigenvalue weighted by atomic mass is 9.94. The van der Waals surface area contributed by atoms with Crippen LogP contribution in [0.1, 0.15) is 91.9 Å². The van der Waals surface area contributed by atoms with E-state index in [9.17, 15) is 9.90 Å². The summed E-state index contributed by atoms with van der Waals surface area (Å²) in [6.07, 6.45) is 12.1. The Morgan fingerprint density at radius 3 is 2.44 bits per heavy atom. The van der Waals surface area contributed by atoms with E-state index in [1.54, 1.807) is 0 Å². The fourth-order valence-electron chi connectivity index (χ4n) is 3.43. The number of carbonyl (C=O) groups is 1. The van der Waals surface area contributed by atoms with Crippen molar-refractivity contribution in [1.82, 2.24) is 0 Å². The first-order valence-electron chi connectivity index (χ1n) is 10.6. The van der Waals surface area contributed by atoms with Crippen molar-refractivity contribution in [3.63, 3.8) is 0 Å². The highest BCUT2D eigenvalue weighted by Crippen LogP contribution is 2.36. The van der Waals surface area contributed by atoms with Crippen molar-refractivity contribution in [3.05, 3.63) is 9.66 Å². The molecular formula is C22H39IO4. The molecule has 0 amide bonds. The highest BCUT2D eigenvalue weighted by molar-refractivity contribution is 14.1. The van der Waals surface area contributed by atoms with Gasteiger partial charge in [-0.15, -0.1) is 0 Å². The molecule has 1 aliphatic rings. The molecule has 0 saturated carbocycles. The maximum atomic E-state index is 11.7. The normalized spacial score (nSPS) is 22.7. The van der Waals surface area contributed by atoms with Crippen LogP contribution in [-0.2, 0) is 14.3 Å². The van der Waals surface area contributed by atoms with Crippen molar-refractivity contribution < 1.29 is 19.4 Å². The lowest BCUT2D eigenvalue weighted by molar-refractivity contribution is -0.154. The zero-order valence-electron chi connectivity index (χ0n) is 17.6. The molecule has 0 aromatic rings. The van der Waals surface area contributed by atoms with Gasteiger partial charge in [-0.25, -0.2) is 0 Å². The average molecular weight is 494 g/mol. The number of carbonyl (C=O) groups excluding carboxylic acids is 1. The first-order valence-corrected chi connectivity index (χ1v) is 11.7. The van der Waals surface area contributed by atoms with E-state index in [0.717, 1.165) is 35.7 Å². The third kappa shape index (κ3) is 10.8. The van der Waals surface area contributed by atoms with E-state index in [4.69, 9.17) is 9.47 Å². The molecule has 0 spiro atoms. The van der Waals surface area contributed by atoms with E-state index < -0.39 is 5.60 Å². The Balaban J connectivity index is 2.21. The van der Waals surface area contributed by atoms with Gasteiger partial charge in [0, 0.05) is 22.5 Å². The standard InChI is InChI=1S/C22H39IO4/c1-5-6-7-8-10-13-17-19(24)16-18(23)21(17)26-15-12-9-11-14-20(25)27-22(2,3)4/h16-17,19,21,24H,5-15H2,1-4H3/t17-,19+,21+/m1/s1. The number of unbranched alkanes of at least 4 members (excludes halogenated alkanes) is 6. The molecule has 0 heterocycles. The van der Waals surface area contributed by atoms with Gasteiger partial charge in [0.1, 0.15) is 5.60 Å². The van der Waals surface area contributed by atoms with Crippen molar-refractivity contribution in [2.45, 2.75) is 110 Å². The van der Waals surface area contributed by atoms with Gasteiger partial charge in [-0.2, -0.15) is 0 Å². The molecule has 0 unspecified atom stereocenters. The Bertz CT molecular complexity index is 456. The molecule has 1 N–H and O–H groups in total. The molecule has 5 heteroatoms. The molecule has 0 fully saturated rings. The number of ether oxygens (including phenoxy) is 2. The first-order chi connectivity index (χ1) is 12.7. The van der Waals surface area contributed by atoms with Crippen molar-refractivity contribution >= 4 is 28.6 Å². The smallest absolute Gasteiger partial charge is 0.306 e. The predicted octanol–water partition coefficient (Wildman–Crippen LogP) is 5.94. The monoisotopic (exact) mass is 494 g/mol. The second kappa shape index (κ2) is 13.2. The molecule has 0 saturated heterocycles. The van der Waals surface area contributed by atoms with E-state index >= 15 is 0 Å². The summed E-state index contributed by atoms with van der Waals surface area (Å²) in [5.74, 6) is 0.0724. The number of aliphatic hydroxyl groups is 1. The van der Waals surface area contributed by atoms with Crippen LogP contribution in [0, 0.1) is 5.92 Å². The molecule has 27 heavy (non-hydrogen) atoms. The molecule has 1 rings (SSSR count). The molecule has 158 valence electrons. The van der Waals surface area contributed by atoms with Gasteiger partial charge in [0.15, 0.2) is 0 Å². The van der Waals surface area contributed by atoms with Crippen molar-refractivity contribution in [2.24, 2.45) is 5.92 Å². The van der Waals surface area contributed by atoms with E-state index in [0.29, 0.717) is 13.0 Å². The summed E-state index contributed by atoms with van der Waals surface area (Å²) in [6, 6.07) is 0. The zero-order valence-corrected chi connectivity index (χ0v) is 19.8. The summed E-state index contributed by atoms with van der Waals surface area (Å²) in [4.78, 5) is 11.7. The quantitative estimate of drug-likeness (QED) is 0.196. The van der Waals surface area contributed by atoms with Crippen LogP contribution in [0.3, 0.4) is 0 Å². The molecule has 3 atom stereocenters. The van der Waals surface area contributed by atoms with Crippen LogP contribution in [-0.4, -0.2) is 35.5 Å². The average Bonchev–Trinajstić information content (AvgIpc) is 2.82. The third-order valence-electron chi connectivity index (χ3n) is 4.81. The van der Waals surface area contributed by atoms with Crippen molar-refractivity contribution in [1.29, 1.82) is 0 Å². The molecule has 0 aliphatic heterocycles. The number of rotatable bonds is 13. The Hall–Kier alpha value is -0.140. The van der Waals surface area contributed by atoms with Crippen molar-refractivity contribution in [2.75, 3.05) is 6.61 Å². The van der Waals surface area contributed by atoms with Gasteiger partial charge in [-0.3, -0.25) is 4.79 Å². The van der Waals surface area contributed by atoms with Gasteiger partial charge < -0.3 is 14.6 Å². The minimum atomic E-state index is -0.405. The van der Waals surface area contributed by atoms with E-state index in [-0.39, 0.29) is 24.1 Å². The minimum Gasteiger partial charge on any atom is -0.460 e. The molecular weight excluding hydrogens is 455 g/mol. The number of hydrogen-bond donors (Lipinski definition) is 1. The van der Waals surface area contributed by atoms with Crippen LogP contribution in [0.15, 0.2) is 9.66 Å². The fraction of sp³-hybridized carbons (Fsp3) is 0.864. The predicted molar refractivity (Wildman–Crippen MR) is 119 cm³/mol. The van der Waals surface area contributed by atoms with Crippen LogP contribution in [0.5, 0.6) is 0 Å². The second-order valence-corrected chi connectivity index (χ2v) is 9.84. The number of hydrogen-bond acceptors (Lipinski definition) is 4. The molecule has 0 aromatic carbocycles. The van der Waals surface area contributed by atoms with Gasteiger partial charge in [0.25, 0.3) is 0 Å². The van der Waals surface area contributed by atoms with Gasteiger partial charge in [0.05, 0.1) is 12.2 Å². The summed E-state index contributed by atoms with van der Waals surface area (Å²) in [7, 11) is 0. The highest BCUT2D eigenvalue weighted by Gasteiger charge is 2.35. The lowest BCUT2D eigenvalue weighted by Crippen LogP contribution is -2.27. The Kier molecular flexibility index (Phi) is 12.1. The van der Waals surface area contributed by atoms with Gasteiger partial charge in [-0.05, 0) is 68.7 Å². The zero-order chi connectivity index (χ0) is 20.3. The maximum Gasteiger partial charge on any atom is 0.306 e. The number of esters is 1. The van der Waals surface area contributed by atoms with E-state index in [2.05, 4.69) is 29.5 Å². The van der Waals surface area contributed by atoms with Crippen molar-refractivity contribution in [3.8, 4) is 0 Å². The molecule has 0 bridgehead atoms.